The first kappa shape index (κ1) is 43.1. The predicted octanol–water partition coefficient (Wildman–Crippen LogP) is 5.80. The zero-order valence-electron chi connectivity index (χ0n) is 32.5. The zero-order valence-corrected chi connectivity index (χ0v) is 35.7. The molecule has 0 radical (unpaired) electrons. The lowest BCUT2D eigenvalue weighted by Crippen LogP contribution is -2.55. The minimum absolute atomic E-state index is 0.0630. The molecule has 2 saturated heterocycles. The van der Waals surface area contributed by atoms with E-state index in [0.717, 1.165) is 4.47 Å². The van der Waals surface area contributed by atoms with Crippen LogP contribution in [0.2, 0.25) is 0 Å². The second-order valence-corrected chi connectivity index (χ2v) is 18.5. The summed E-state index contributed by atoms with van der Waals surface area (Å²) in [6.45, 7) is 5.68. The molecule has 2 aliphatic rings. The van der Waals surface area contributed by atoms with Crippen molar-refractivity contribution in [3.05, 3.63) is 162 Å². The van der Waals surface area contributed by atoms with Crippen molar-refractivity contribution >= 4 is 47.8 Å². The molecule has 1 N–H and O–H groups in total. The summed E-state index contributed by atoms with van der Waals surface area (Å²) in [5, 5.41) is 10.4. The van der Waals surface area contributed by atoms with Gasteiger partial charge in [-0.25, -0.2) is 21.5 Å². The number of hydrogen-bond donors (Lipinski definition) is 1. The number of sulfonamides is 2. The number of amides is 2. The van der Waals surface area contributed by atoms with E-state index in [2.05, 4.69) is 31.2 Å². The molecule has 2 aliphatic heterocycles. The molecule has 2 fully saturated rings. The highest BCUT2D eigenvalue weighted by atomic mass is 79.9. The molecule has 8 rings (SSSR count). The number of carbonyl (C=O) groups excluding carboxylic acids is 2. The van der Waals surface area contributed by atoms with Crippen LogP contribution in [-0.4, -0.2) is 118 Å². The van der Waals surface area contributed by atoms with E-state index < -0.39 is 20.0 Å². The SMILES string of the molecule is CC1CN(C(=O)c2ccccc2)CCN1S(=O)(=O)c1cccc(-n2cccn2)c1.CC1CN(C(=O)c2ccccc2)CCN1S(=O)(=O)c1cccc(Br)c1.c1cn[nH]c1. The third kappa shape index (κ3) is 10.6. The van der Waals surface area contributed by atoms with Crippen LogP contribution in [0.1, 0.15) is 34.6 Å². The summed E-state index contributed by atoms with van der Waals surface area (Å²) in [4.78, 5) is 29.2. The largest absolute Gasteiger partial charge is 0.336 e. The highest BCUT2D eigenvalue weighted by Gasteiger charge is 2.37. The van der Waals surface area contributed by atoms with Gasteiger partial charge < -0.3 is 9.80 Å². The lowest BCUT2D eigenvalue weighted by atomic mass is 10.1. The maximum atomic E-state index is 13.3. The van der Waals surface area contributed by atoms with Crippen molar-refractivity contribution in [1.82, 2.24) is 38.4 Å². The van der Waals surface area contributed by atoms with Crippen LogP contribution in [-0.2, 0) is 20.0 Å². The lowest BCUT2D eigenvalue weighted by molar-refractivity contribution is 0.0637. The third-order valence-corrected chi connectivity index (χ3v) is 14.3. The molecular weight excluding hydrogens is 857 g/mol. The molecule has 0 spiro atoms. The van der Waals surface area contributed by atoms with Gasteiger partial charge in [0, 0.05) is 91.7 Å². The van der Waals surface area contributed by atoms with Crippen molar-refractivity contribution in [2.75, 3.05) is 39.3 Å². The first-order valence-corrected chi connectivity index (χ1v) is 22.6. The minimum atomic E-state index is -3.68. The number of aromatic nitrogens is 4. The van der Waals surface area contributed by atoms with Crippen molar-refractivity contribution < 1.29 is 26.4 Å². The van der Waals surface area contributed by atoms with Gasteiger partial charge in [-0.15, -0.1) is 0 Å². The minimum Gasteiger partial charge on any atom is -0.336 e. The highest BCUT2D eigenvalue weighted by molar-refractivity contribution is 9.10. The van der Waals surface area contributed by atoms with Crippen LogP contribution in [0.4, 0.5) is 0 Å². The molecule has 0 bridgehead atoms. The van der Waals surface area contributed by atoms with Gasteiger partial charge in [0.25, 0.3) is 11.8 Å². The van der Waals surface area contributed by atoms with E-state index in [1.165, 1.54) is 8.61 Å². The normalized spacial score (nSPS) is 17.5. The number of hydrogen-bond acceptors (Lipinski definition) is 8. The molecule has 0 saturated carbocycles. The summed E-state index contributed by atoms with van der Waals surface area (Å²) in [5.74, 6) is -0.137. The Morgan fingerprint density at radius 2 is 1.15 bits per heavy atom. The standard InChI is InChI=1S/C21H22N4O3S.C18H19BrN2O3S.C3H4N2/c1-17-16-23(21(26)18-7-3-2-4-8-18)13-14-25(17)29(27,28)20-10-5-9-19(15-20)24-12-6-11-22-24;1-14-13-20(18(22)15-6-3-2-4-7-15)10-11-21(14)25(23,24)17-9-5-8-16(19)12-17;1-2-4-5-3-1/h2-12,15,17H,13-14,16H2,1H3;2-9,12,14H,10-11,13H2,1H3;1-3H,(H,4,5). The fraction of sp³-hybridized carbons (Fsp3) is 0.238. The summed E-state index contributed by atoms with van der Waals surface area (Å²) in [7, 11) is -7.27. The number of carbonyl (C=O) groups is 2. The summed E-state index contributed by atoms with van der Waals surface area (Å²) < 4.78 is 57.6. The van der Waals surface area contributed by atoms with Crippen LogP contribution in [0.3, 0.4) is 0 Å². The van der Waals surface area contributed by atoms with E-state index >= 15 is 0 Å². The van der Waals surface area contributed by atoms with Crippen LogP contribution >= 0.6 is 15.9 Å². The molecule has 4 aromatic carbocycles. The van der Waals surface area contributed by atoms with Gasteiger partial charge in [0.05, 0.1) is 15.5 Å². The number of nitrogens with one attached hydrogen (secondary N) is 1. The number of nitrogens with zero attached hydrogens (tertiary/aromatic N) is 7. The van der Waals surface area contributed by atoms with Crippen molar-refractivity contribution in [2.45, 2.75) is 35.7 Å². The zero-order chi connectivity index (χ0) is 42.0. The van der Waals surface area contributed by atoms with Crippen molar-refractivity contribution in [1.29, 1.82) is 0 Å². The summed E-state index contributed by atoms with van der Waals surface area (Å²) >= 11 is 3.31. The average Bonchev–Trinajstić information content (AvgIpc) is 4.03. The van der Waals surface area contributed by atoms with Gasteiger partial charge in [0.1, 0.15) is 0 Å². The molecular formula is C42H45BrN8O6S2. The maximum absolute atomic E-state index is 13.3. The molecule has 2 aromatic heterocycles. The molecule has 4 heterocycles. The molecule has 6 aromatic rings. The highest BCUT2D eigenvalue weighted by Crippen LogP contribution is 2.26. The summed E-state index contributed by atoms with van der Waals surface area (Å²) in [6, 6.07) is 34.6. The number of piperazine rings is 2. The van der Waals surface area contributed by atoms with Crippen LogP contribution in [0.5, 0.6) is 0 Å². The fourth-order valence-electron chi connectivity index (χ4n) is 6.81. The quantitative estimate of drug-likeness (QED) is 0.210. The number of H-pyrrole nitrogens is 1. The van der Waals surface area contributed by atoms with Crippen molar-refractivity contribution in [3.8, 4) is 5.69 Å². The van der Waals surface area contributed by atoms with Crippen LogP contribution in [0.15, 0.2) is 160 Å². The third-order valence-electron chi connectivity index (χ3n) is 9.75. The second kappa shape index (κ2) is 19.5. The number of halogens is 1. The summed E-state index contributed by atoms with van der Waals surface area (Å²) in [6.07, 6.45) is 6.87. The van der Waals surface area contributed by atoms with Crippen LogP contribution < -0.4 is 0 Å². The van der Waals surface area contributed by atoms with Gasteiger partial charge in [-0.3, -0.25) is 14.7 Å². The lowest BCUT2D eigenvalue weighted by Gasteiger charge is -2.39. The number of benzene rings is 4. The monoisotopic (exact) mass is 900 g/mol. The average molecular weight is 902 g/mol. The molecule has 17 heteroatoms. The van der Waals surface area contributed by atoms with Gasteiger partial charge in [0.2, 0.25) is 20.0 Å². The van der Waals surface area contributed by atoms with Crippen LogP contribution in [0.25, 0.3) is 5.69 Å². The molecule has 14 nitrogen and oxygen atoms in total. The Balaban J connectivity index is 0.000000179. The van der Waals surface area contributed by atoms with E-state index in [9.17, 15) is 26.4 Å². The van der Waals surface area contributed by atoms with E-state index in [1.54, 1.807) is 112 Å². The second-order valence-electron chi connectivity index (χ2n) is 13.8. The smallest absolute Gasteiger partial charge is 0.253 e. The van der Waals surface area contributed by atoms with Crippen molar-refractivity contribution in [2.24, 2.45) is 0 Å². The Hall–Kier alpha value is -5.46. The van der Waals surface area contributed by atoms with Gasteiger partial charge in [0.15, 0.2) is 0 Å². The Kier molecular flexibility index (Phi) is 14.3. The Morgan fingerprint density at radius 3 is 1.58 bits per heavy atom. The Morgan fingerprint density at radius 1 is 0.627 bits per heavy atom. The summed E-state index contributed by atoms with van der Waals surface area (Å²) in [5.41, 5.74) is 1.92. The molecule has 0 aliphatic carbocycles. The van der Waals surface area contributed by atoms with Crippen molar-refractivity contribution in [3.63, 3.8) is 0 Å². The van der Waals surface area contributed by atoms with E-state index in [-0.39, 0.29) is 46.8 Å². The van der Waals surface area contributed by atoms with E-state index in [4.69, 9.17) is 0 Å². The Labute approximate surface area is 353 Å². The topological polar surface area (TPSA) is 162 Å². The first-order valence-electron chi connectivity index (χ1n) is 18.9. The fourth-order valence-corrected chi connectivity index (χ4v) is 10.7. The van der Waals surface area contributed by atoms with E-state index in [0.29, 0.717) is 43.0 Å². The van der Waals surface area contributed by atoms with Gasteiger partial charge in [-0.05, 0) is 86.6 Å². The molecule has 2 unspecified atom stereocenters. The maximum Gasteiger partial charge on any atom is 0.253 e. The first-order chi connectivity index (χ1) is 28.4. The molecule has 2 amide bonds. The molecule has 308 valence electrons. The van der Waals surface area contributed by atoms with Gasteiger partial charge >= 0.3 is 0 Å². The number of rotatable bonds is 7. The van der Waals surface area contributed by atoms with Gasteiger partial charge in [-0.2, -0.15) is 18.8 Å². The van der Waals surface area contributed by atoms with E-state index in [1.807, 2.05) is 62.4 Å². The van der Waals surface area contributed by atoms with Gasteiger partial charge in [-0.1, -0.05) is 64.5 Å². The Bertz CT molecular complexity index is 2490. The molecule has 2 atom stereocenters. The molecule has 59 heavy (non-hydrogen) atoms. The van der Waals surface area contributed by atoms with Crippen LogP contribution in [0, 0.1) is 0 Å². The predicted molar refractivity (Wildman–Crippen MR) is 228 cm³/mol. The number of aromatic amines is 1.